The monoisotopic (exact) mass is 321 g/mol. The summed E-state index contributed by atoms with van der Waals surface area (Å²) in [7, 11) is -3.72. The summed E-state index contributed by atoms with van der Waals surface area (Å²) < 4.78 is 61.0. The molecule has 0 aliphatic heterocycles. The number of carbonyl (C=O) groups excluding carboxylic acids is 1. The lowest BCUT2D eigenvalue weighted by molar-refractivity contribution is -0.137. The number of amides is 1. The van der Waals surface area contributed by atoms with Crippen LogP contribution in [0.4, 0.5) is 18.9 Å². The Hall–Kier alpha value is -1.83. The molecule has 1 aromatic rings. The first-order chi connectivity index (χ1) is 9.58. The average Bonchev–Trinajstić information content (AvgIpc) is 2.37. The highest BCUT2D eigenvalue weighted by atomic mass is 32.2. The van der Waals surface area contributed by atoms with Gasteiger partial charge in [0.1, 0.15) is 5.25 Å². The van der Waals surface area contributed by atoms with Gasteiger partial charge in [0, 0.05) is 5.69 Å². The molecular weight excluding hydrogens is 307 g/mol. The molecule has 1 amide bonds. The Kier molecular flexibility index (Phi) is 5.16. The van der Waals surface area contributed by atoms with Crippen molar-refractivity contribution in [2.45, 2.75) is 18.3 Å². The minimum atomic E-state index is -4.54. The lowest BCUT2D eigenvalue weighted by Gasteiger charge is -2.13. The first kappa shape index (κ1) is 17.2. The van der Waals surface area contributed by atoms with Crippen LogP contribution in [0, 0.1) is 0 Å². The second-order valence-corrected chi connectivity index (χ2v) is 6.69. The maximum atomic E-state index is 12.5. The number of rotatable bonds is 5. The summed E-state index contributed by atoms with van der Waals surface area (Å²) in [5.74, 6) is -1.28. The zero-order valence-electron chi connectivity index (χ0n) is 11.1. The molecule has 0 heterocycles. The maximum Gasteiger partial charge on any atom is 0.416 e. The minimum Gasteiger partial charge on any atom is -0.325 e. The van der Waals surface area contributed by atoms with Gasteiger partial charge in [-0.05, 0) is 25.1 Å². The highest BCUT2D eigenvalue weighted by Gasteiger charge is 2.31. The van der Waals surface area contributed by atoms with Gasteiger partial charge in [0.25, 0.3) is 0 Å². The van der Waals surface area contributed by atoms with E-state index in [9.17, 15) is 26.4 Å². The highest BCUT2D eigenvalue weighted by molar-refractivity contribution is 7.92. The predicted octanol–water partition coefficient (Wildman–Crippen LogP) is 2.63. The number of sulfone groups is 1. The molecule has 0 aromatic heterocycles. The van der Waals surface area contributed by atoms with Crippen LogP contribution in [0.5, 0.6) is 0 Å². The van der Waals surface area contributed by atoms with E-state index in [1.807, 2.05) is 0 Å². The van der Waals surface area contributed by atoms with Crippen molar-refractivity contribution in [1.29, 1.82) is 0 Å². The molecule has 0 aliphatic rings. The standard InChI is InChI=1S/C13H14F3NO3S/c1-3-7-21(19,20)9(2)12(18)17-11-6-4-5-10(8-11)13(14,15)16/h3-6,8-9H,1,7H2,2H3,(H,17,18). The average molecular weight is 321 g/mol. The van der Waals surface area contributed by atoms with Gasteiger partial charge in [0.05, 0.1) is 11.3 Å². The zero-order valence-corrected chi connectivity index (χ0v) is 12.0. The molecule has 0 saturated carbocycles. The molecular formula is C13H14F3NO3S. The SMILES string of the molecule is C=CCS(=O)(=O)C(C)C(=O)Nc1cccc(C(F)(F)F)c1. The van der Waals surface area contributed by atoms with Crippen LogP contribution < -0.4 is 5.32 Å². The van der Waals surface area contributed by atoms with Crippen LogP contribution in [-0.2, 0) is 20.8 Å². The van der Waals surface area contributed by atoms with E-state index in [1.165, 1.54) is 13.0 Å². The van der Waals surface area contributed by atoms with E-state index in [2.05, 4.69) is 11.9 Å². The van der Waals surface area contributed by atoms with Crippen LogP contribution in [-0.4, -0.2) is 25.3 Å². The summed E-state index contributed by atoms with van der Waals surface area (Å²) in [5.41, 5.74) is -1.04. The maximum absolute atomic E-state index is 12.5. The van der Waals surface area contributed by atoms with Crippen molar-refractivity contribution in [1.82, 2.24) is 0 Å². The molecule has 116 valence electrons. The Bertz CT molecular complexity index is 638. The van der Waals surface area contributed by atoms with Gasteiger partial charge >= 0.3 is 6.18 Å². The normalized spacial score (nSPS) is 13.5. The molecule has 0 aliphatic carbocycles. The van der Waals surface area contributed by atoms with Crippen molar-refractivity contribution in [2.75, 3.05) is 11.1 Å². The molecule has 1 rings (SSSR count). The van der Waals surface area contributed by atoms with Gasteiger partial charge in [-0.1, -0.05) is 12.1 Å². The third-order valence-electron chi connectivity index (χ3n) is 2.72. The number of hydrogen-bond donors (Lipinski definition) is 1. The Balaban J connectivity index is 2.92. The van der Waals surface area contributed by atoms with Crippen molar-refractivity contribution in [3.8, 4) is 0 Å². The summed E-state index contributed by atoms with van der Waals surface area (Å²) in [5, 5.41) is 0.782. The molecule has 21 heavy (non-hydrogen) atoms. The first-order valence-electron chi connectivity index (χ1n) is 5.88. The third kappa shape index (κ3) is 4.59. The van der Waals surface area contributed by atoms with Crippen molar-refractivity contribution in [3.05, 3.63) is 42.5 Å². The summed E-state index contributed by atoms with van der Waals surface area (Å²) in [6.07, 6.45) is -3.40. The molecule has 0 spiro atoms. The van der Waals surface area contributed by atoms with E-state index in [4.69, 9.17) is 0 Å². The van der Waals surface area contributed by atoms with Crippen LogP contribution in [0.25, 0.3) is 0 Å². The molecule has 8 heteroatoms. The highest BCUT2D eigenvalue weighted by Crippen LogP contribution is 2.30. The van der Waals surface area contributed by atoms with E-state index >= 15 is 0 Å². The summed E-state index contributed by atoms with van der Waals surface area (Å²) in [6, 6.07) is 3.97. The van der Waals surface area contributed by atoms with E-state index in [0.717, 1.165) is 24.3 Å². The molecule has 0 radical (unpaired) electrons. The summed E-state index contributed by atoms with van der Waals surface area (Å²) >= 11 is 0. The lowest BCUT2D eigenvalue weighted by Crippen LogP contribution is -2.33. The largest absolute Gasteiger partial charge is 0.416 e. The lowest BCUT2D eigenvalue weighted by atomic mass is 10.2. The fourth-order valence-electron chi connectivity index (χ4n) is 1.49. The number of alkyl halides is 3. The van der Waals surface area contributed by atoms with Gasteiger partial charge in [-0.2, -0.15) is 13.2 Å². The Labute approximate surface area is 120 Å². The molecule has 1 N–H and O–H groups in total. The number of anilines is 1. The van der Waals surface area contributed by atoms with Gasteiger partial charge in [-0.3, -0.25) is 4.79 Å². The molecule has 4 nitrogen and oxygen atoms in total. The smallest absolute Gasteiger partial charge is 0.325 e. The van der Waals surface area contributed by atoms with Crippen LogP contribution in [0.2, 0.25) is 0 Å². The van der Waals surface area contributed by atoms with Gasteiger partial charge in [-0.25, -0.2) is 8.42 Å². The number of nitrogens with one attached hydrogen (secondary N) is 1. The van der Waals surface area contributed by atoms with Crippen molar-refractivity contribution < 1.29 is 26.4 Å². The van der Waals surface area contributed by atoms with Gasteiger partial charge < -0.3 is 5.32 Å². The van der Waals surface area contributed by atoms with Crippen LogP contribution in [0.15, 0.2) is 36.9 Å². The van der Waals surface area contributed by atoms with Crippen LogP contribution >= 0.6 is 0 Å². The van der Waals surface area contributed by atoms with Crippen molar-refractivity contribution in [3.63, 3.8) is 0 Å². The molecule has 0 fully saturated rings. The molecule has 0 bridgehead atoms. The number of carbonyl (C=O) groups is 1. The van der Waals surface area contributed by atoms with Gasteiger partial charge in [-0.15, -0.1) is 6.58 Å². The van der Waals surface area contributed by atoms with Crippen molar-refractivity contribution in [2.24, 2.45) is 0 Å². The summed E-state index contributed by atoms with van der Waals surface area (Å²) in [6.45, 7) is 4.44. The Morgan fingerprint density at radius 3 is 2.57 bits per heavy atom. The fraction of sp³-hybridized carbons (Fsp3) is 0.308. The van der Waals surface area contributed by atoms with E-state index in [-0.39, 0.29) is 11.4 Å². The van der Waals surface area contributed by atoms with E-state index in [0.29, 0.717) is 0 Å². The molecule has 1 unspecified atom stereocenters. The number of benzene rings is 1. The number of hydrogen-bond acceptors (Lipinski definition) is 3. The van der Waals surface area contributed by atoms with E-state index in [1.54, 1.807) is 0 Å². The second kappa shape index (κ2) is 6.30. The first-order valence-corrected chi connectivity index (χ1v) is 7.60. The predicted molar refractivity (Wildman–Crippen MR) is 73.5 cm³/mol. The molecule has 1 aromatic carbocycles. The second-order valence-electron chi connectivity index (χ2n) is 4.33. The van der Waals surface area contributed by atoms with E-state index < -0.39 is 32.7 Å². The van der Waals surface area contributed by atoms with Crippen molar-refractivity contribution >= 4 is 21.4 Å². The van der Waals surface area contributed by atoms with Gasteiger partial charge in [0.2, 0.25) is 5.91 Å². The minimum absolute atomic E-state index is 0.115. The Morgan fingerprint density at radius 2 is 2.05 bits per heavy atom. The Morgan fingerprint density at radius 1 is 1.43 bits per heavy atom. The quantitative estimate of drug-likeness (QED) is 0.848. The summed E-state index contributed by atoms with van der Waals surface area (Å²) in [4.78, 5) is 11.8. The third-order valence-corrected chi connectivity index (χ3v) is 4.71. The zero-order chi connectivity index (χ0) is 16.3. The molecule has 1 atom stereocenters. The van der Waals surface area contributed by atoms with Crippen LogP contribution in [0.3, 0.4) is 0 Å². The molecule has 0 saturated heterocycles. The van der Waals surface area contributed by atoms with Crippen LogP contribution in [0.1, 0.15) is 12.5 Å². The topological polar surface area (TPSA) is 63.2 Å². The number of halogens is 3. The van der Waals surface area contributed by atoms with Gasteiger partial charge in [0.15, 0.2) is 9.84 Å². The fourth-order valence-corrected chi connectivity index (χ4v) is 2.49.